The van der Waals surface area contributed by atoms with E-state index in [4.69, 9.17) is 9.26 Å². The third-order valence-corrected chi connectivity index (χ3v) is 6.10. The Morgan fingerprint density at radius 1 is 1.16 bits per heavy atom. The number of ether oxygens (including phenoxy) is 1. The third-order valence-electron chi connectivity index (χ3n) is 6.10. The summed E-state index contributed by atoms with van der Waals surface area (Å²) in [6.45, 7) is 0.268. The first-order valence-electron chi connectivity index (χ1n) is 10.5. The quantitative estimate of drug-likeness (QED) is 0.625. The minimum atomic E-state index is -0.195. The maximum absolute atomic E-state index is 12.6. The average Bonchev–Trinajstić information content (AvgIpc) is 3.35. The molecule has 9 nitrogen and oxygen atoms in total. The lowest BCUT2D eigenvalue weighted by molar-refractivity contribution is -0.140. The molecule has 2 fully saturated rings. The van der Waals surface area contributed by atoms with E-state index < -0.39 is 0 Å². The van der Waals surface area contributed by atoms with Gasteiger partial charge in [0.15, 0.2) is 0 Å². The van der Waals surface area contributed by atoms with Crippen molar-refractivity contribution in [1.29, 1.82) is 0 Å². The summed E-state index contributed by atoms with van der Waals surface area (Å²) in [7, 11) is 3.23. The van der Waals surface area contributed by atoms with Gasteiger partial charge in [-0.2, -0.15) is 4.98 Å². The molecule has 2 heterocycles. The summed E-state index contributed by atoms with van der Waals surface area (Å²) in [5.41, 5.74) is 0.775. The molecule has 2 aromatic rings. The molecule has 0 bridgehead atoms. The van der Waals surface area contributed by atoms with E-state index in [0.29, 0.717) is 11.7 Å². The van der Waals surface area contributed by atoms with Crippen LogP contribution in [-0.4, -0.2) is 58.4 Å². The smallest absolute Gasteiger partial charge is 0.246 e. The van der Waals surface area contributed by atoms with Gasteiger partial charge in [-0.15, -0.1) is 0 Å². The van der Waals surface area contributed by atoms with E-state index in [0.717, 1.165) is 37.0 Å². The third kappa shape index (κ3) is 4.30. The van der Waals surface area contributed by atoms with Crippen molar-refractivity contribution < 1.29 is 23.6 Å². The molecule has 1 saturated heterocycles. The Kier molecular flexibility index (Phi) is 6.01. The van der Waals surface area contributed by atoms with Gasteiger partial charge >= 0.3 is 0 Å². The normalized spacial score (nSPS) is 20.6. The van der Waals surface area contributed by atoms with Crippen molar-refractivity contribution in [3.8, 4) is 17.1 Å². The first-order valence-corrected chi connectivity index (χ1v) is 10.5. The summed E-state index contributed by atoms with van der Waals surface area (Å²) in [4.78, 5) is 44.7. The van der Waals surface area contributed by atoms with Crippen LogP contribution in [-0.2, 0) is 20.9 Å². The summed E-state index contributed by atoms with van der Waals surface area (Å²) in [6.07, 6.45) is 3.59. The molecule has 0 N–H and O–H groups in total. The molecule has 0 spiro atoms. The van der Waals surface area contributed by atoms with Gasteiger partial charge in [-0.3, -0.25) is 19.3 Å². The zero-order chi connectivity index (χ0) is 22.0. The number of carbonyl (C=O) groups excluding carboxylic acids is 3. The van der Waals surface area contributed by atoms with Gasteiger partial charge in [0.1, 0.15) is 5.75 Å². The molecule has 2 aliphatic rings. The Balaban J connectivity index is 1.31. The lowest BCUT2D eigenvalue weighted by Crippen LogP contribution is -2.36. The molecule has 1 saturated carbocycles. The summed E-state index contributed by atoms with van der Waals surface area (Å²) in [6, 6.07) is 7.25. The molecule has 1 aromatic heterocycles. The Morgan fingerprint density at radius 2 is 1.81 bits per heavy atom. The van der Waals surface area contributed by atoms with E-state index in [-0.39, 0.29) is 49.1 Å². The van der Waals surface area contributed by atoms with Crippen LogP contribution in [0.25, 0.3) is 11.4 Å². The molecule has 1 aliphatic heterocycles. The number of hydrogen-bond donors (Lipinski definition) is 0. The van der Waals surface area contributed by atoms with Crippen LogP contribution in [0.2, 0.25) is 0 Å². The minimum Gasteiger partial charge on any atom is -0.497 e. The van der Waals surface area contributed by atoms with Crippen LogP contribution in [0.15, 0.2) is 28.8 Å². The van der Waals surface area contributed by atoms with E-state index in [1.807, 2.05) is 12.1 Å². The van der Waals surface area contributed by atoms with E-state index in [1.165, 1.54) is 9.80 Å². The number of nitrogens with zero attached hydrogens (tertiary/aromatic N) is 4. The van der Waals surface area contributed by atoms with Gasteiger partial charge in [0.25, 0.3) is 0 Å². The van der Waals surface area contributed by atoms with Gasteiger partial charge in [0.05, 0.1) is 25.5 Å². The number of amides is 3. The van der Waals surface area contributed by atoms with Gasteiger partial charge in [0.2, 0.25) is 29.4 Å². The van der Waals surface area contributed by atoms with Crippen LogP contribution in [0.4, 0.5) is 0 Å². The number of benzene rings is 1. The second-order valence-corrected chi connectivity index (χ2v) is 8.07. The largest absolute Gasteiger partial charge is 0.497 e. The zero-order valence-corrected chi connectivity index (χ0v) is 17.7. The SMILES string of the molecule is COc1ccc(-c2noc(CN(C)C(=O)CCN3C(=O)C4CCCCC4C3=O)n2)cc1. The fourth-order valence-corrected chi connectivity index (χ4v) is 4.32. The van der Waals surface area contributed by atoms with Crippen molar-refractivity contribution in [1.82, 2.24) is 19.9 Å². The maximum Gasteiger partial charge on any atom is 0.246 e. The topological polar surface area (TPSA) is 106 Å². The van der Waals surface area contributed by atoms with E-state index in [2.05, 4.69) is 10.1 Å². The minimum absolute atomic E-state index is 0.0763. The highest BCUT2D eigenvalue weighted by Crippen LogP contribution is 2.38. The number of hydrogen-bond acceptors (Lipinski definition) is 7. The van der Waals surface area contributed by atoms with Gasteiger partial charge in [-0.1, -0.05) is 18.0 Å². The predicted octanol–water partition coefficient (Wildman–Crippen LogP) is 2.27. The lowest BCUT2D eigenvalue weighted by Gasteiger charge is -2.19. The monoisotopic (exact) mass is 426 g/mol. The van der Waals surface area contributed by atoms with Crippen molar-refractivity contribution in [2.45, 2.75) is 38.6 Å². The van der Waals surface area contributed by atoms with Crippen LogP contribution < -0.4 is 4.74 Å². The molecular formula is C22H26N4O5. The molecule has 9 heteroatoms. The predicted molar refractivity (Wildman–Crippen MR) is 110 cm³/mol. The Labute approximate surface area is 180 Å². The second kappa shape index (κ2) is 8.87. The van der Waals surface area contributed by atoms with Crippen molar-refractivity contribution in [3.05, 3.63) is 30.2 Å². The number of likely N-dealkylation sites (tertiary alicyclic amines) is 1. The highest BCUT2D eigenvalue weighted by molar-refractivity contribution is 6.05. The second-order valence-electron chi connectivity index (χ2n) is 8.07. The molecule has 0 radical (unpaired) electrons. The number of aromatic nitrogens is 2. The summed E-state index contributed by atoms with van der Waals surface area (Å²) in [5, 5.41) is 3.96. The molecular weight excluding hydrogens is 400 g/mol. The number of rotatable bonds is 7. The Hall–Kier alpha value is -3.23. The molecule has 1 aliphatic carbocycles. The first-order chi connectivity index (χ1) is 15.0. The summed E-state index contributed by atoms with van der Waals surface area (Å²) < 4.78 is 10.4. The van der Waals surface area contributed by atoms with Crippen molar-refractivity contribution in [2.24, 2.45) is 11.8 Å². The van der Waals surface area contributed by atoms with Crippen molar-refractivity contribution in [2.75, 3.05) is 20.7 Å². The van der Waals surface area contributed by atoms with Crippen molar-refractivity contribution in [3.63, 3.8) is 0 Å². The highest BCUT2D eigenvalue weighted by atomic mass is 16.5. The summed E-state index contributed by atoms with van der Waals surface area (Å²) >= 11 is 0. The number of imide groups is 1. The molecule has 4 rings (SSSR count). The number of methoxy groups -OCH3 is 1. The molecule has 3 amide bonds. The summed E-state index contributed by atoms with van der Waals surface area (Å²) in [5.74, 6) is 0.646. The molecule has 2 atom stereocenters. The molecule has 1 aromatic carbocycles. The fourth-order valence-electron chi connectivity index (χ4n) is 4.32. The van der Waals surface area contributed by atoms with E-state index in [1.54, 1.807) is 26.3 Å². The molecule has 2 unspecified atom stereocenters. The van der Waals surface area contributed by atoms with Crippen LogP contribution in [0, 0.1) is 11.8 Å². The Morgan fingerprint density at radius 3 is 2.42 bits per heavy atom. The van der Waals surface area contributed by atoms with Gasteiger partial charge in [0, 0.05) is 25.6 Å². The average molecular weight is 426 g/mol. The highest BCUT2D eigenvalue weighted by Gasteiger charge is 2.47. The Bertz CT molecular complexity index is 947. The standard InChI is InChI=1S/C22H26N4O5/c1-25(13-18-23-20(24-31-18)14-7-9-15(30-2)10-8-14)19(27)11-12-26-21(28)16-5-3-4-6-17(16)22(26)29/h7-10,16-17H,3-6,11-13H2,1-2H3. The zero-order valence-electron chi connectivity index (χ0n) is 17.7. The van der Waals surface area contributed by atoms with Gasteiger partial charge in [-0.25, -0.2) is 0 Å². The van der Waals surface area contributed by atoms with Gasteiger partial charge < -0.3 is 14.2 Å². The van der Waals surface area contributed by atoms with Crippen LogP contribution in [0.1, 0.15) is 38.0 Å². The van der Waals surface area contributed by atoms with E-state index in [9.17, 15) is 14.4 Å². The number of carbonyl (C=O) groups is 3. The van der Waals surface area contributed by atoms with Crippen LogP contribution in [0.5, 0.6) is 5.75 Å². The fraction of sp³-hybridized carbons (Fsp3) is 0.500. The van der Waals surface area contributed by atoms with E-state index >= 15 is 0 Å². The first kappa shape index (κ1) is 21.0. The molecule has 31 heavy (non-hydrogen) atoms. The van der Waals surface area contributed by atoms with Crippen LogP contribution >= 0.6 is 0 Å². The maximum atomic E-state index is 12.6. The number of fused-ring (bicyclic) bond motifs is 1. The molecule has 164 valence electrons. The van der Waals surface area contributed by atoms with Crippen molar-refractivity contribution >= 4 is 17.7 Å². The van der Waals surface area contributed by atoms with Gasteiger partial charge in [-0.05, 0) is 37.1 Å². The lowest BCUT2D eigenvalue weighted by atomic mass is 9.81. The van der Waals surface area contributed by atoms with Crippen LogP contribution in [0.3, 0.4) is 0 Å².